The van der Waals surface area contributed by atoms with Crippen LogP contribution in [-0.4, -0.2) is 66.8 Å². The van der Waals surface area contributed by atoms with Crippen LogP contribution >= 0.6 is 24.0 Å². The van der Waals surface area contributed by atoms with Crippen LogP contribution in [0.4, 0.5) is 17.6 Å². The predicted molar refractivity (Wildman–Crippen MR) is 112 cm³/mol. The van der Waals surface area contributed by atoms with Gasteiger partial charge in [0, 0.05) is 33.2 Å². The molecular formula is C18H27F4IN4O. The summed E-state index contributed by atoms with van der Waals surface area (Å²) in [5.74, 6) is -0.318. The summed E-state index contributed by atoms with van der Waals surface area (Å²) in [6.45, 7) is 3.26. The number of nitrogens with zero attached hydrogens (tertiary/aromatic N) is 3. The number of rotatable bonds is 6. The number of phenols is 1. The number of guanidine groups is 1. The van der Waals surface area contributed by atoms with Crippen molar-refractivity contribution < 1.29 is 22.7 Å². The Labute approximate surface area is 179 Å². The van der Waals surface area contributed by atoms with Crippen LogP contribution in [0.1, 0.15) is 18.9 Å². The molecule has 1 aliphatic heterocycles. The molecule has 1 unspecified atom stereocenters. The maximum Gasteiger partial charge on any atom is 0.401 e. The van der Waals surface area contributed by atoms with Crippen molar-refractivity contribution in [3.63, 3.8) is 0 Å². The van der Waals surface area contributed by atoms with E-state index >= 15 is 0 Å². The molecule has 10 heteroatoms. The number of nitrogens with one attached hydrogen (secondary N) is 1. The van der Waals surface area contributed by atoms with Gasteiger partial charge in [0.05, 0.1) is 6.54 Å². The molecule has 28 heavy (non-hydrogen) atoms. The third kappa shape index (κ3) is 7.61. The first-order valence-corrected chi connectivity index (χ1v) is 8.94. The number of phenolic OH excluding ortho intramolecular Hbond substituents is 1. The number of hydrogen-bond donors (Lipinski definition) is 2. The monoisotopic (exact) mass is 518 g/mol. The van der Waals surface area contributed by atoms with Gasteiger partial charge >= 0.3 is 6.18 Å². The number of aliphatic imine (C=N–C) groups is 1. The van der Waals surface area contributed by atoms with Crippen molar-refractivity contribution in [2.45, 2.75) is 26.1 Å². The molecule has 1 aliphatic rings. The smallest absolute Gasteiger partial charge is 0.401 e. The van der Waals surface area contributed by atoms with Crippen molar-refractivity contribution in [3.8, 4) is 5.75 Å². The lowest BCUT2D eigenvalue weighted by molar-refractivity contribution is -0.146. The predicted octanol–water partition coefficient (Wildman–Crippen LogP) is 3.43. The minimum Gasteiger partial charge on any atom is -0.505 e. The van der Waals surface area contributed by atoms with Crippen molar-refractivity contribution in [1.82, 2.24) is 15.1 Å². The Morgan fingerprint density at radius 2 is 2.11 bits per heavy atom. The van der Waals surface area contributed by atoms with Gasteiger partial charge in [-0.05, 0) is 36.6 Å². The zero-order valence-electron chi connectivity index (χ0n) is 16.0. The van der Waals surface area contributed by atoms with E-state index in [1.807, 2.05) is 4.90 Å². The van der Waals surface area contributed by atoms with Gasteiger partial charge < -0.3 is 15.3 Å². The van der Waals surface area contributed by atoms with Crippen molar-refractivity contribution in [2.24, 2.45) is 10.9 Å². The van der Waals surface area contributed by atoms with Crippen molar-refractivity contribution >= 4 is 29.9 Å². The highest BCUT2D eigenvalue weighted by Gasteiger charge is 2.32. The summed E-state index contributed by atoms with van der Waals surface area (Å²) < 4.78 is 51.3. The second-order valence-electron chi connectivity index (χ2n) is 6.73. The van der Waals surface area contributed by atoms with Crippen LogP contribution in [0, 0.1) is 11.7 Å². The van der Waals surface area contributed by atoms with Gasteiger partial charge in [0.25, 0.3) is 0 Å². The maximum absolute atomic E-state index is 13.4. The molecule has 1 saturated heterocycles. The number of benzene rings is 1. The Balaban J connectivity index is 0.00000392. The van der Waals surface area contributed by atoms with Crippen LogP contribution in [-0.2, 0) is 6.54 Å². The zero-order valence-corrected chi connectivity index (χ0v) is 18.3. The Hall–Kier alpha value is -1.30. The summed E-state index contributed by atoms with van der Waals surface area (Å²) in [6, 6.07) is 4.15. The number of likely N-dealkylation sites (tertiary alicyclic amines) is 1. The van der Waals surface area contributed by atoms with E-state index in [0.29, 0.717) is 44.2 Å². The molecule has 1 fully saturated rings. The van der Waals surface area contributed by atoms with Crippen LogP contribution in [0.25, 0.3) is 0 Å². The van der Waals surface area contributed by atoms with Crippen molar-refractivity contribution in [2.75, 3.05) is 39.8 Å². The molecule has 0 saturated carbocycles. The summed E-state index contributed by atoms with van der Waals surface area (Å²) in [5.41, 5.74) is 0.657. The Kier molecular flexibility index (Phi) is 9.75. The number of hydrogen-bond acceptors (Lipinski definition) is 3. The highest BCUT2D eigenvalue weighted by atomic mass is 127. The second kappa shape index (κ2) is 11.0. The Morgan fingerprint density at radius 3 is 2.68 bits per heavy atom. The third-order valence-electron chi connectivity index (χ3n) is 4.63. The molecular weight excluding hydrogens is 491 g/mol. The average molecular weight is 518 g/mol. The highest BCUT2D eigenvalue weighted by molar-refractivity contribution is 14.0. The van der Waals surface area contributed by atoms with Gasteiger partial charge in [-0.1, -0.05) is 13.0 Å². The van der Waals surface area contributed by atoms with E-state index in [2.05, 4.69) is 10.3 Å². The van der Waals surface area contributed by atoms with E-state index in [4.69, 9.17) is 0 Å². The van der Waals surface area contributed by atoms with E-state index in [-0.39, 0.29) is 29.9 Å². The topological polar surface area (TPSA) is 51.1 Å². The van der Waals surface area contributed by atoms with Gasteiger partial charge in [-0.25, -0.2) is 4.39 Å². The van der Waals surface area contributed by atoms with Crippen LogP contribution < -0.4 is 5.32 Å². The molecule has 1 aromatic rings. The summed E-state index contributed by atoms with van der Waals surface area (Å²) in [4.78, 5) is 7.64. The van der Waals surface area contributed by atoms with E-state index in [0.717, 1.165) is 6.42 Å². The lowest BCUT2D eigenvalue weighted by Crippen LogP contribution is -2.41. The molecule has 1 heterocycles. The molecule has 1 atom stereocenters. The van der Waals surface area contributed by atoms with E-state index in [1.54, 1.807) is 20.0 Å². The molecule has 0 aliphatic carbocycles. The molecule has 2 N–H and O–H groups in total. The standard InChI is InChI=1S/C18H26F4N4O.HI/c1-3-25(12-18(20,21)22)10-14-6-7-26(11-14)17(23-2)24-9-13-4-5-16(27)15(19)8-13;/h4-5,8,14,27H,3,6-7,9-12H2,1-2H3,(H,23,24);1H. The summed E-state index contributed by atoms with van der Waals surface area (Å²) in [7, 11) is 1.63. The van der Waals surface area contributed by atoms with Crippen LogP contribution in [0.15, 0.2) is 23.2 Å². The molecule has 0 aromatic heterocycles. The third-order valence-corrected chi connectivity index (χ3v) is 4.63. The molecule has 2 rings (SSSR count). The normalized spacial score (nSPS) is 17.8. The summed E-state index contributed by atoms with van der Waals surface area (Å²) in [5, 5.41) is 12.4. The molecule has 0 amide bonds. The highest BCUT2D eigenvalue weighted by Crippen LogP contribution is 2.21. The SMILES string of the molecule is CCN(CC1CCN(C(=NC)NCc2ccc(O)c(F)c2)C1)CC(F)(F)F.I. The summed E-state index contributed by atoms with van der Waals surface area (Å²) >= 11 is 0. The van der Waals surface area contributed by atoms with Gasteiger partial charge in [-0.3, -0.25) is 9.89 Å². The lowest BCUT2D eigenvalue weighted by Gasteiger charge is -2.26. The minimum absolute atomic E-state index is 0. The van der Waals surface area contributed by atoms with Crippen LogP contribution in [0.5, 0.6) is 5.75 Å². The van der Waals surface area contributed by atoms with Crippen molar-refractivity contribution in [3.05, 3.63) is 29.6 Å². The molecule has 0 spiro atoms. The molecule has 0 bridgehead atoms. The van der Waals surface area contributed by atoms with Gasteiger partial charge in [-0.2, -0.15) is 13.2 Å². The van der Waals surface area contributed by atoms with Gasteiger partial charge in [0.1, 0.15) is 0 Å². The van der Waals surface area contributed by atoms with Gasteiger partial charge in [-0.15, -0.1) is 24.0 Å². The second-order valence-corrected chi connectivity index (χ2v) is 6.73. The Morgan fingerprint density at radius 1 is 1.39 bits per heavy atom. The first-order chi connectivity index (χ1) is 12.7. The first-order valence-electron chi connectivity index (χ1n) is 8.94. The van der Waals surface area contributed by atoms with E-state index in [1.165, 1.54) is 17.0 Å². The fourth-order valence-electron chi connectivity index (χ4n) is 3.27. The van der Waals surface area contributed by atoms with E-state index < -0.39 is 24.3 Å². The maximum atomic E-state index is 13.4. The van der Waals surface area contributed by atoms with Gasteiger partial charge in [0.2, 0.25) is 0 Å². The first kappa shape index (κ1) is 24.7. The fraction of sp³-hybridized carbons (Fsp3) is 0.611. The number of aromatic hydroxyl groups is 1. The molecule has 5 nitrogen and oxygen atoms in total. The molecule has 0 radical (unpaired) electrons. The van der Waals surface area contributed by atoms with Crippen LogP contribution in [0.2, 0.25) is 0 Å². The van der Waals surface area contributed by atoms with E-state index in [9.17, 15) is 22.7 Å². The zero-order chi connectivity index (χ0) is 20.0. The largest absolute Gasteiger partial charge is 0.505 e. The summed E-state index contributed by atoms with van der Waals surface area (Å²) in [6.07, 6.45) is -3.39. The van der Waals surface area contributed by atoms with Crippen LogP contribution in [0.3, 0.4) is 0 Å². The number of halogens is 5. The number of alkyl halides is 3. The minimum atomic E-state index is -4.19. The molecule has 160 valence electrons. The average Bonchev–Trinajstić information content (AvgIpc) is 3.05. The fourth-order valence-corrected chi connectivity index (χ4v) is 3.27. The molecule has 1 aromatic carbocycles. The Bertz CT molecular complexity index is 657. The quantitative estimate of drug-likeness (QED) is 0.263. The van der Waals surface area contributed by atoms with Crippen molar-refractivity contribution in [1.29, 1.82) is 0 Å². The lowest BCUT2D eigenvalue weighted by atomic mass is 10.1. The van der Waals surface area contributed by atoms with Gasteiger partial charge in [0.15, 0.2) is 17.5 Å².